The van der Waals surface area contributed by atoms with Crippen molar-refractivity contribution in [2.75, 3.05) is 13.1 Å². The highest BCUT2D eigenvalue weighted by atomic mass is 35.5. The van der Waals surface area contributed by atoms with Crippen molar-refractivity contribution in [2.24, 2.45) is 0 Å². The van der Waals surface area contributed by atoms with Crippen molar-refractivity contribution in [1.29, 1.82) is 0 Å². The zero-order valence-electron chi connectivity index (χ0n) is 16.2. The van der Waals surface area contributed by atoms with Crippen molar-refractivity contribution in [2.45, 2.75) is 6.42 Å². The quantitative estimate of drug-likeness (QED) is 0.408. The predicted molar refractivity (Wildman–Crippen MR) is 126 cm³/mol. The number of fused-ring (bicyclic) bond motifs is 1. The minimum Gasteiger partial charge on any atom is -0.361 e. The number of nitrogens with one attached hydrogen (secondary N) is 2. The van der Waals surface area contributed by atoms with Gasteiger partial charge in [0.2, 0.25) is 5.91 Å². The van der Waals surface area contributed by atoms with Crippen LogP contribution in [0.15, 0.2) is 53.6 Å². The van der Waals surface area contributed by atoms with Crippen LogP contribution in [0.1, 0.15) is 11.1 Å². The summed E-state index contributed by atoms with van der Waals surface area (Å²) in [6, 6.07) is 11.7. The second-order valence-electron chi connectivity index (χ2n) is 6.89. The number of benzene rings is 2. The molecule has 0 atom stereocenters. The molecular formula is C22H17ClFN3O2S2. The third-order valence-electron chi connectivity index (χ3n) is 4.81. The van der Waals surface area contributed by atoms with Gasteiger partial charge < -0.3 is 10.3 Å². The lowest BCUT2D eigenvalue weighted by atomic mass is 10.1. The summed E-state index contributed by atoms with van der Waals surface area (Å²) in [4.78, 5) is 29.9. The first-order valence-electron chi connectivity index (χ1n) is 9.44. The molecule has 2 aromatic carbocycles. The number of carbonyl (C=O) groups excluding carboxylic acids is 2. The Hall–Kier alpha value is -2.68. The first-order chi connectivity index (χ1) is 14.9. The molecule has 1 aliphatic rings. The van der Waals surface area contributed by atoms with E-state index in [9.17, 15) is 14.0 Å². The van der Waals surface area contributed by atoms with Crippen molar-refractivity contribution in [1.82, 2.24) is 15.2 Å². The number of thioether (sulfide) groups is 1. The lowest BCUT2D eigenvalue weighted by Crippen LogP contribution is -2.40. The van der Waals surface area contributed by atoms with Crippen molar-refractivity contribution in [3.63, 3.8) is 0 Å². The van der Waals surface area contributed by atoms with Crippen LogP contribution in [0.3, 0.4) is 0 Å². The molecule has 1 aromatic heterocycles. The maximum absolute atomic E-state index is 13.5. The van der Waals surface area contributed by atoms with Crippen molar-refractivity contribution in [3.05, 3.63) is 75.5 Å². The molecule has 4 rings (SSSR count). The van der Waals surface area contributed by atoms with Gasteiger partial charge in [-0.1, -0.05) is 53.8 Å². The summed E-state index contributed by atoms with van der Waals surface area (Å²) >= 11 is 12.6. The fourth-order valence-corrected chi connectivity index (χ4v) is 4.70. The maximum Gasteiger partial charge on any atom is 0.266 e. The number of hydrogen-bond donors (Lipinski definition) is 2. The highest BCUT2D eigenvalue weighted by Crippen LogP contribution is 2.33. The van der Waals surface area contributed by atoms with Crippen LogP contribution >= 0.6 is 35.6 Å². The number of rotatable bonds is 6. The second kappa shape index (κ2) is 9.21. The zero-order chi connectivity index (χ0) is 22.0. The molecular weight excluding hydrogens is 457 g/mol. The average molecular weight is 474 g/mol. The van der Waals surface area contributed by atoms with Crippen LogP contribution in [0.5, 0.6) is 0 Å². The summed E-state index contributed by atoms with van der Waals surface area (Å²) in [5.41, 5.74) is 2.46. The van der Waals surface area contributed by atoms with Gasteiger partial charge in [-0.05, 0) is 47.9 Å². The molecule has 0 unspecified atom stereocenters. The zero-order valence-corrected chi connectivity index (χ0v) is 18.5. The molecule has 2 N–H and O–H groups in total. The summed E-state index contributed by atoms with van der Waals surface area (Å²) in [5, 5.41) is 4.11. The minimum absolute atomic E-state index is 0.160. The number of hydrogen-bond acceptors (Lipinski definition) is 4. The van der Waals surface area contributed by atoms with E-state index in [-0.39, 0.29) is 24.2 Å². The van der Waals surface area contributed by atoms with Crippen LogP contribution in [0.4, 0.5) is 4.39 Å². The second-order valence-corrected chi connectivity index (χ2v) is 8.98. The Morgan fingerprint density at radius 3 is 2.90 bits per heavy atom. The molecule has 2 amide bonds. The van der Waals surface area contributed by atoms with Gasteiger partial charge in [-0.3, -0.25) is 14.5 Å². The van der Waals surface area contributed by atoms with Gasteiger partial charge in [0, 0.05) is 28.7 Å². The molecule has 31 heavy (non-hydrogen) atoms. The van der Waals surface area contributed by atoms with Gasteiger partial charge >= 0.3 is 0 Å². The Kier molecular flexibility index (Phi) is 6.41. The monoisotopic (exact) mass is 473 g/mol. The van der Waals surface area contributed by atoms with E-state index in [1.807, 2.05) is 12.1 Å². The number of amides is 2. The minimum atomic E-state index is -0.322. The van der Waals surface area contributed by atoms with Crippen LogP contribution in [0, 0.1) is 5.82 Å². The SMILES string of the molecule is O=C(CN1C(=O)/C(=C\c2ccccc2Cl)SC1=S)NCCc1c[nH]c2ccc(F)cc12. The first kappa shape index (κ1) is 21.5. The molecule has 3 aromatic rings. The van der Waals surface area contributed by atoms with Gasteiger partial charge in [0.25, 0.3) is 5.91 Å². The molecule has 0 spiro atoms. The highest BCUT2D eigenvalue weighted by Gasteiger charge is 2.33. The van der Waals surface area contributed by atoms with Crippen LogP contribution in [0.25, 0.3) is 17.0 Å². The topological polar surface area (TPSA) is 65.2 Å². The van der Waals surface area contributed by atoms with E-state index in [0.717, 1.165) is 28.2 Å². The Balaban J connectivity index is 1.35. The van der Waals surface area contributed by atoms with E-state index < -0.39 is 0 Å². The normalized spacial score (nSPS) is 15.3. The van der Waals surface area contributed by atoms with Gasteiger partial charge in [-0.25, -0.2) is 4.39 Å². The number of nitrogens with zero attached hydrogens (tertiary/aromatic N) is 1. The number of H-pyrrole nitrogens is 1. The van der Waals surface area contributed by atoms with Crippen LogP contribution in [0.2, 0.25) is 5.02 Å². The molecule has 0 aliphatic carbocycles. The Bertz CT molecular complexity index is 1220. The van der Waals surface area contributed by atoms with Crippen LogP contribution in [-0.4, -0.2) is 39.1 Å². The van der Waals surface area contributed by atoms with Gasteiger partial charge in [0.15, 0.2) is 0 Å². The third kappa shape index (κ3) is 4.81. The number of aromatic amines is 1. The van der Waals surface area contributed by atoms with Gasteiger partial charge in [0.05, 0.1) is 4.91 Å². The van der Waals surface area contributed by atoms with E-state index in [1.165, 1.54) is 17.0 Å². The summed E-state index contributed by atoms with van der Waals surface area (Å²) in [7, 11) is 0. The van der Waals surface area contributed by atoms with Crippen LogP contribution in [-0.2, 0) is 16.0 Å². The smallest absolute Gasteiger partial charge is 0.266 e. The molecule has 1 aliphatic heterocycles. The van der Waals surface area contributed by atoms with E-state index in [4.69, 9.17) is 23.8 Å². The standard InChI is InChI=1S/C22H17ClFN3O2S2/c23-17-4-2-1-3-13(17)9-19-21(29)27(22(30)31-19)12-20(28)25-8-7-14-11-26-18-6-5-15(24)10-16(14)18/h1-6,9-11,26H,7-8,12H2,(H,25,28)/b19-9+. The van der Waals surface area contributed by atoms with Gasteiger partial charge in [-0.15, -0.1) is 0 Å². The maximum atomic E-state index is 13.5. The molecule has 5 nitrogen and oxygen atoms in total. The molecule has 9 heteroatoms. The molecule has 1 fully saturated rings. The van der Waals surface area contributed by atoms with Gasteiger partial charge in [-0.2, -0.15) is 0 Å². The summed E-state index contributed by atoms with van der Waals surface area (Å²) < 4.78 is 13.8. The van der Waals surface area contributed by atoms with Crippen molar-refractivity contribution >= 4 is 68.7 Å². The predicted octanol–water partition coefficient (Wildman–Crippen LogP) is 4.52. The molecule has 0 saturated carbocycles. The summed E-state index contributed by atoms with van der Waals surface area (Å²) in [6.45, 7) is 0.194. The largest absolute Gasteiger partial charge is 0.361 e. The van der Waals surface area contributed by atoms with Crippen molar-refractivity contribution < 1.29 is 14.0 Å². The van der Waals surface area contributed by atoms with E-state index in [1.54, 1.807) is 30.5 Å². The number of halogens is 2. The number of thiocarbonyl (C=S) groups is 1. The average Bonchev–Trinajstić information content (AvgIpc) is 3.25. The van der Waals surface area contributed by atoms with Gasteiger partial charge in [0.1, 0.15) is 16.7 Å². The fraction of sp³-hybridized carbons (Fsp3) is 0.136. The number of carbonyl (C=O) groups is 2. The Morgan fingerprint density at radius 2 is 2.10 bits per heavy atom. The van der Waals surface area contributed by atoms with Crippen LogP contribution < -0.4 is 5.32 Å². The molecule has 0 radical (unpaired) electrons. The summed E-state index contributed by atoms with van der Waals surface area (Å²) in [5.74, 6) is -0.949. The Morgan fingerprint density at radius 1 is 1.29 bits per heavy atom. The molecule has 158 valence electrons. The van der Waals surface area contributed by atoms with E-state index in [2.05, 4.69) is 10.3 Å². The third-order valence-corrected chi connectivity index (χ3v) is 6.54. The van der Waals surface area contributed by atoms with E-state index >= 15 is 0 Å². The summed E-state index contributed by atoms with van der Waals surface area (Å²) in [6.07, 6.45) is 4.01. The molecule has 1 saturated heterocycles. The molecule has 2 heterocycles. The Labute approximate surface area is 192 Å². The van der Waals surface area contributed by atoms with Crippen molar-refractivity contribution in [3.8, 4) is 0 Å². The first-order valence-corrected chi connectivity index (χ1v) is 11.0. The lowest BCUT2D eigenvalue weighted by molar-refractivity contribution is -0.128. The lowest BCUT2D eigenvalue weighted by Gasteiger charge is -2.14. The van der Waals surface area contributed by atoms with E-state index in [0.29, 0.717) is 32.8 Å². The number of aromatic nitrogens is 1. The highest BCUT2D eigenvalue weighted by molar-refractivity contribution is 8.26. The molecule has 0 bridgehead atoms. The fourth-order valence-electron chi connectivity index (χ4n) is 3.26.